The lowest BCUT2D eigenvalue weighted by molar-refractivity contribution is 0.250. The summed E-state index contributed by atoms with van der Waals surface area (Å²) in [6, 6.07) is 2.94. The smallest absolute Gasteiger partial charge is 0.319 e. The van der Waals surface area contributed by atoms with Crippen molar-refractivity contribution in [3.63, 3.8) is 0 Å². The fourth-order valence-electron chi connectivity index (χ4n) is 1.11. The predicted octanol–water partition coefficient (Wildman–Crippen LogP) is 0.915. The summed E-state index contributed by atoms with van der Waals surface area (Å²) in [5.41, 5.74) is 0.0505. The van der Waals surface area contributed by atoms with Crippen molar-refractivity contribution in [1.29, 1.82) is 0 Å². The van der Waals surface area contributed by atoms with E-state index >= 15 is 0 Å². The van der Waals surface area contributed by atoms with Crippen LogP contribution in [0.5, 0.6) is 0 Å². The molecule has 0 aliphatic heterocycles. The van der Waals surface area contributed by atoms with Crippen LogP contribution in [0.25, 0.3) is 0 Å². The van der Waals surface area contributed by atoms with Gasteiger partial charge in [0.05, 0.1) is 0 Å². The van der Waals surface area contributed by atoms with Crippen LogP contribution < -0.4 is 16.2 Å². The highest BCUT2D eigenvalue weighted by molar-refractivity contribution is 5.89. The molecule has 0 aromatic carbocycles. The topological polar surface area (TPSA) is 63.1 Å². The largest absolute Gasteiger partial charge is 0.336 e. The Labute approximate surface area is 88.1 Å². The van der Waals surface area contributed by atoms with Gasteiger partial charge in [0.1, 0.15) is 5.69 Å². The number of rotatable bonds is 2. The van der Waals surface area contributed by atoms with Gasteiger partial charge in [-0.25, -0.2) is 4.79 Å². The molecule has 1 aromatic rings. The summed E-state index contributed by atoms with van der Waals surface area (Å²) in [6.07, 6.45) is 1.63. The maximum atomic E-state index is 11.5. The molecule has 0 spiro atoms. The Hall–Kier alpha value is -1.78. The molecule has 0 bridgehead atoms. The van der Waals surface area contributed by atoms with E-state index in [4.69, 9.17) is 0 Å². The number of urea groups is 1. The second kappa shape index (κ2) is 4.63. The maximum Gasteiger partial charge on any atom is 0.319 e. The molecule has 0 aliphatic carbocycles. The van der Waals surface area contributed by atoms with E-state index in [0.29, 0.717) is 0 Å². The Balaban J connectivity index is 2.77. The van der Waals surface area contributed by atoms with E-state index in [9.17, 15) is 9.59 Å². The summed E-state index contributed by atoms with van der Waals surface area (Å²) < 4.78 is 1.41. The third kappa shape index (κ3) is 3.12. The lowest BCUT2D eigenvalue weighted by Crippen LogP contribution is -2.36. The Morgan fingerprint density at radius 2 is 2.13 bits per heavy atom. The van der Waals surface area contributed by atoms with Crippen LogP contribution in [0.4, 0.5) is 10.5 Å². The zero-order valence-electron chi connectivity index (χ0n) is 9.07. The van der Waals surface area contributed by atoms with Crippen LogP contribution in [-0.2, 0) is 7.05 Å². The van der Waals surface area contributed by atoms with E-state index in [1.165, 1.54) is 4.57 Å². The number of anilines is 1. The predicted molar refractivity (Wildman–Crippen MR) is 59.0 cm³/mol. The zero-order valence-corrected chi connectivity index (χ0v) is 9.07. The number of nitrogens with zero attached hydrogens (tertiary/aromatic N) is 1. The summed E-state index contributed by atoms with van der Waals surface area (Å²) in [6.45, 7) is 3.70. The highest BCUT2D eigenvalue weighted by atomic mass is 16.2. The highest BCUT2D eigenvalue weighted by Gasteiger charge is 2.06. The van der Waals surface area contributed by atoms with Crippen molar-refractivity contribution >= 4 is 11.7 Å². The second-order valence-electron chi connectivity index (χ2n) is 3.59. The third-order valence-corrected chi connectivity index (χ3v) is 1.79. The molecule has 2 amide bonds. The van der Waals surface area contributed by atoms with Crippen LogP contribution in [-0.4, -0.2) is 16.6 Å². The van der Waals surface area contributed by atoms with Gasteiger partial charge in [0.25, 0.3) is 5.56 Å². The standard InChI is InChI=1S/C10H15N3O2/c1-7(2)11-10(15)12-8-5-4-6-13(3)9(8)14/h4-7H,1-3H3,(H2,11,12,15). The van der Waals surface area contributed by atoms with E-state index in [0.717, 1.165) is 0 Å². The van der Waals surface area contributed by atoms with Gasteiger partial charge in [0.15, 0.2) is 0 Å². The first-order valence-electron chi connectivity index (χ1n) is 4.74. The molecule has 1 aromatic heterocycles. The van der Waals surface area contributed by atoms with Crippen molar-refractivity contribution in [1.82, 2.24) is 9.88 Å². The van der Waals surface area contributed by atoms with Crippen molar-refractivity contribution in [2.24, 2.45) is 7.05 Å². The van der Waals surface area contributed by atoms with Gasteiger partial charge in [0.2, 0.25) is 0 Å². The summed E-state index contributed by atoms with van der Waals surface area (Å²) in [4.78, 5) is 22.8. The van der Waals surface area contributed by atoms with E-state index in [-0.39, 0.29) is 23.3 Å². The minimum Gasteiger partial charge on any atom is -0.336 e. The molecule has 5 heteroatoms. The minimum atomic E-state index is -0.367. The molecule has 1 rings (SSSR count). The highest BCUT2D eigenvalue weighted by Crippen LogP contribution is 1.97. The third-order valence-electron chi connectivity index (χ3n) is 1.79. The van der Waals surface area contributed by atoms with E-state index in [1.807, 2.05) is 13.8 Å². The summed E-state index contributed by atoms with van der Waals surface area (Å²) >= 11 is 0. The zero-order chi connectivity index (χ0) is 11.4. The number of amides is 2. The normalized spacial score (nSPS) is 10.1. The fraction of sp³-hybridized carbons (Fsp3) is 0.400. The van der Waals surface area contributed by atoms with E-state index in [1.54, 1.807) is 25.4 Å². The van der Waals surface area contributed by atoms with Crippen LogP contribution in [0.2, 0.25) is 0 Å². The van der Waals surface area contributed by atoms with Crippen LogP contribution in [0, 0.1) is 0 Å². The fourth-order valence-corrected chi connectivity index (χ4v) is 1.11. The number of aromatic nitrogens is 1. The van der Waals surface area contributed by atoms with Gasteiger partial charge in [0, 0.05) is 19.3 Å². The number of hydrogen-bond donors (Lipinski definition) is 2. The van der Waals surface area contributed by atoms with Gasteiger partial charge in [-0.05, 0) is 26.0 Å². The van der Waals surface area contributed by atoms with Crippen molar-refractivity contribution < 1.29 is 4.79 Å². The number of hydrogen-bond acceptors (Lipinski definition) is 2. The molecule has 0 atom stereocenters. The lowest BCUT2D eigenvalue weighted by atomic mass is 10.4. The molecule has 0 radical (unpaired) electrons. The Kier molecular flexibility index (Phi) is 3.49. The number of carbonyl (C=O) groups excluding carboxylic acids is 1. The number of pyridine rings is 1. The van der Waals surface area contributed by atoms with Crippen LogP contribution in [0.15, 0.2) is 23.1 Å². The van der Waals surface area contributed by atoms with Crippen LogP contribution >= 0.6 is 0 Å². The molecular weight excluding hydrogens is 194 g/mol. The van der Waals surface area contributed by atoms with Gasteiger partial charge in [-0.3, -0.25) is 4.79 Å². The number of carbonyl (C=O) groups is 1. The monoisotopic (exact) mass is 209 g/mol. The van der Waals surface area contributed by atoms with E-state index < -0.39 is 0 Å². The quantitative estimate of drug-likeness (QED) is 0.760. The van der Waals surface area contributed by atoms with Crippen molar-refractivity contribution in [3.05, 3.63) is 28.7 Å². The lowest BCUT2D eigenvalue weighted by Gasteiger charge is -2.09. The summed E-state index contributed by atoms with van der Waals surface area (Å²) in [5.74, 6) is 0. The molecule has 0 saturated heterocycles. The van der Waals surface area contributed by atoms with Gasteiger partial charge in [-0.2, -0.15) is 0 Å². The molecule has 15 heavy (non-hydrogen) atoms. The minimum absolute atomic E-state index is 0.0394. The first-order chi connectivity index (χ1) is 7.00. The molecule has 0 aliphatic rings. The van der Waals surface area contributed by atoms with Crippen molar-refractivity contribution in [2.75, 3.05) is 5.32 Å². The number of nitrogens with one attached hydrogen (secondary N) is 2. The average molecular weight is 209 g/mol. The molecule has 82 valence electrons. The number of aryl methyl sites for hydroxylation is 1. The molecule has 0 unspecified atom stereocenters. The van der Waals surface area contributed by atoms with Gasteiger partial charge in [-0.1, -0.05) is 0 Å². The Bertz CT molecular complexity index is 409. The van der Waals surface area contributed by atoms with Gasteiger partial charge >= 0.3 is 6.03 Å². The van der Waals surface area contributed by atoms with Crippen molar-refractivity contribution in [3.8, 4) is 0 Å². The SMILES string of the molecule is CC(C)NC(=O)Nc1cccn(C)c1=O. The average Bonchev–Trinajstić information content (AvgIpc) is 2.11. The van der Waals surface area contributed by atoms with Crippen LogP contribution in [0.3, 0.4) is 0 Å². The second-order valence-corrected chi connectivity index (χ2v) is 3.59. The first kappa shape index (κ1) is 11.3. The maximum absolute atomic E-state index is 11.5. The molecule has 2 N–H and O–H groups in total. The van der Waals surface area contributed by atoms with Crippen molar-refractivity contribution in [2.45, 2.75) is 19.9 Å². The molecule has 1 heterocycles. The van der Waals surface area contributed by atoms with Crippen LogP contribution in [0.1, 0.15) is 13.8 Å². The molecule has 0 saturated carbocycles. The molecule has 5 nitrogen and oxygen atoms in total. The summed E-state index contributed by atoms with van der Waals surface area (Å²) in [7, 11) is 1.63. The van der Waals surface area contributed by atoms with Gasteiger partial charge in [-0.15, -0.1) is 0 Å². The first-order valence-corrected chi connectivity index (χ1v) is 4.74. The van der Waals surface area contributed by atoms with E-state index in [2.05, 4.69) is 10.6 Å². The Morgan fingerprint density at radius 3 is 2.73 bits per heavy atom. The van der Waals surface area contributed by atoms with Gasteiger partial charge < -0.3 is 15.2 Å². The Morgan fingerprint density at radius 1 is 1.47 bits per heavy atom. The summed E-state index contributed by atoms with van der Waals surface area (Å²) in [5, 5.41) is 5.14. The molecule has 0 fully saturated rings. The molecular formula is C10H15N3O2.